The summed E-state index contributed by atoms with van der Waals surface area (Å²) in [5.41, 5.74) is 1.88. The van der Waals surface area contributed by atoms with Crippen LogP contribution in [0.15, 0.2) is 58.4 Å². The van der Waals surface area contributed by atoms with Gasteiger partial charge < -0.3 is 0 Å². The van der Waals surface area contributed by atoms with E-state index in [4.69, 9.17) is 0 Å². The van der Waals surface area contributed by atoms with E-state index in [1.54, 1.807) is 11.3 Å². The highest BCUT2D eigenvalue weighted by molar-refractivity contribution is 9.10. The van der Waals surface area contributed by atoms with Crippen molar-refractivity contribution in [2.45, 2.75) is 6.42 Å². The third-order valence-electron chi connectivity index (χ3n) is 3.06. The summed E-state index contributed by atoms with van der Waals surface area (Å²) in [4.78, 5) is 12.4. The summed E-state index contributed by atoms with van der Waals surface area (Å²) in [5, 5.41) is 3.00. The van der Waals surface area contributed by atoms with Gasteiger partial charge in [0.25, 0.3) is 0 Å². The number of carbonyl (C=O) groups excluding carboxylic acids is 1. The Morgan fingerprint density at radius 1 is 1.05 bits per heavy atom. The lowest BCUT2D eigenvalue weighted by Gasteiger charge is -2.00. The highest BCUT2D eigenvalue weighted by atomic mass is 79.9. The number of halogens is 1. The van der Waals surface area contributed by atoms with Gasteiger partial charge in [-0.15, -0.1) is 11.3 Å². The lowest BCUT2D eigenvalue weighted by atomic mass is 10.0. The number of fused-ring (bicyclic) bond motifs is 1. The molecular weight excluding hydrogens is 320 g/mol. The Balaban J connectivity index is 1.96. The summed E-state index contributed by atoms with van der Waals surface area (Å²) < 4.78 is 2.19. The maximum Gasteiger partial charge on any atom is 0.168 e. The number of thiophene rings is 1. The van der Waals surface area contributed by atoms with E-state index >= 15 is 0 Å². The summed E-state index contributed by atoms with van der Waals surface area (Å²) in [7, 11) is 0. The van der Waals surface area contributed by atoms with Crippen LogP contribution in [0, 0.1) is 0 Å². The third-order valence-corrected chi connectivity index (χ3v) is 5.01. The minimum absolute atomic E-state index is 0.176. The molecule has 0 saturated heterocycles. The maximum absolute atomic E-state index is 12.4. The molecule has 0 amide bonds. The van der Waals surface area contributed by atoms with Crippen LogP contribution in [0.1, 0.15) is 15.9 Å². The lowest BCUT2D eigenvalue weighted by Crippen LogP contribution is -2.02. The van der Waals surface area contributed by atoms with Gasteiger partial charge in [-0.1, -0.05) is 42.5 Å². The molecule has 94 valence electrons. The van der Waals surface area contributed by atoms with Crippen LogP contribution in [-0.2, 0) is 6.42 Å². The average Bonchev–Trinajstić information content (AvgIpc) is 2.85. The van der Waals surface area contributed by atoms with Crippen molar-refractivity contribution in [3.63, 3.8) is 0 Å². The van der Waals surface area contributed by atoms with Gasteiger partial charge in [0, 0.05) is 31.9 Å². The van der Waals surface area contributed by atoms with E-state index in [0.29, 0.717) is 6.42 Å². The van der Waals surface area contributed by atoms with Gasteiger partial charge in [0.15, 0.2) is 5.78 Å². The second-order valence-electron chi connectivity index (χ2n) is 4.35. The molecule has 0 saturated carbocycles. The number of carbonyl (C=O) groups is 1. The van der Waals surface area contributed by atoms with E-state index in [-0.39, 0.29) is 5.78 Å². The first-order valence-corrected chi connectivity index (χ1v) is 7.66. The molecule has 1 aromatic heterocycles. The standard InChI is InChI=1S/C16H11BrOS/c17-14-8-4-7-12-13(10-19-16(12)14)15(18)9-11-5-2-1-3-6-11/h1-8,10H,9H2. The van der Waals surface area contributed by atoms with E-state index in [2.05, 4.69) is 15.9 Å². The zero-order valence-electron chi connectivity index (χ0n) is 10.1. The maximum atomic E-state index is 12.4. The van der Waals surface area contributed by atoms with Gasteiger partial charge in [0.2, 0.25) is 0 Å². The molecule has 1 heterocycles. The quantitative estimate of drug-likeness (QED) is 0.611. The molecule has 0 N–H and O–H groups in total. The largest absolute Gasteiger partial charge is 0.294 e. The van der Waals surface area contributed by atoms with Gasteiger partial charge in [0.05, 0.1) is 0 Å². The monoisotopic (exact) mass is 330 g/mol. The van der Waals surface area contributed by atoms with Crippen molar-refractivity contribution < 1.29 is 4.79 Å². The molecule has 19 heavy (non-hydrogen) atoms. The Kier molecular flexibility index (Phi) is 3.49. The fraction of sp³-hybridized carbons (Fsp3) is 0.0625. The van der Waals surface area contributed by atoms with Crippen LogP contribution in [-0.4, -0.2) is 5.78 Å². The van der Waals surface area contributed by atoms with Crippen LogP contribution in [0.3, 0.4) is 0 Å². The van der Waals surface area contributed by atoms with Gasteiger partial charge in [-0.3, -0.25) is 4.79 Å². The van der Waals surface area contributed by atoms with Crippen molar-refractivity contribution in [3.8, 4) is 0 Å². The average molecular weight is 331 g/mol. The molecule has 0 fully saturated rings. The molecule has 0 radical (unpaired) electrons. The molecule has 0 aliphatic rings. The van der Waals surface area contributed by atoms with E-state index in [1.165, 1.54) is 0 Å². The molecule has 2 aromatic carbocycles. The Labute approximate surface area is 124 Å². The molecule has 1 nitrogen and oxygen atoms in total. The van der Waals surface area contributed by atoms with Crippen LogP contribution in [0.25, 0.3) is 10.1 Å². The fourth-order valence-corrected chi connectivity index (χ4v) is 3.74. The van der Waals surface area contributed by atoms with Crippen LogP contribution >= 0.6 is 27.3 Å². The van der Waals surface area contributed by atoms with Crippen LogP contribution in [0.4, 0.5) is 0 Å². The van der Waals surface area contributed by atoms with E-state index in [0.717, 1.165) is 25.7 Å². The molecule has 0 bridgehead atoms. The predicted octanol–water partition coefficient (Wildman–Crippen LogP) is 5.09. The molecular formula is C16H11BrOS. The summed E-state index contributed by atoms with van der Waals surface area (Å²) in [6.07, 6.45) is 0.458. The fourth-order valence-electron chi connectivity index (χ4n) is 2.11. The van der Waals surface area contributed by atoms with E-state index < -0.39 is 0 Å². The topological polar surface area (TPSA) is 17.1 Å². The molecule has 0 spiro atoms. The second kappa shape index (κ2) is 5.27. The van der Waals surface area contributed by atoms with Crippen molar-refractivity contribution in [1.82, 2.24) is 0 Å². The zero-order chi connectivity index (χ0) is 13.2. The summed E-state index contributed by atoms with van der Waals surface area (Å²) >= 11 is 5.14. The second-order valence-corrected chi connectivity index (χ2v) is 6.09. The Morgan fingerprint density at radius 3 is 2.63 bits per heavy atom. The predicted molar refractivity (Wildman–Crippen MR) is 84.0 cm³/mol. The molecule has 0 atom stereocenters. The minimum Gasteiger partial charge on any atom is -0.294 e. The first kappa shape index (κ1) is 12.6. The number of Topliss-reactive ketones (excluding diaryl/α,β-unsaturated/α-hetero) is 1. The summed E-state index contributed by atoms with van der Waals surface area (Å²) in [6.45, 7) is 0. The first-order chi connectivity index (χ1) is 9.25. The Morgan fingerprint density at radius 2 is 1.84 bits per heavy atom. The van der Waals surface area contributed by atoms with Gasteiger partial charge in [-0.2, -0.15) is 0 Å². The highest BCUT2D eigenvalue weighted by Crippen LogP contribution is 2.32. The van der Waals surface area contributed by atoms with Crippen molar-refractivity contribution in [2.75, 3.05) is 0 Å². The molecule has 3 rings (SSSR count). The van der Waals surface area contributed by atoms with Gasteiger partial charge in [-0.25, -0.2) is 0 Å². The Bertz CT molecular complexity index is 731. The van der Waals surface area contributed by atoms with Crippen molar-refractivity contribution >= 4 is 43.1 Å². The highest BCUT2D eigenvalue weighted by Gasteiger charge is 2.13. The first-order valence-electron chi connectivity index (χ1n) is 5.98. The molecule has 0 aliphatic heterocycles. The summed E-state index contributed by atoms with van der Waals surface area (Å²) in [5.74, 6) is 0.176. The Hall–Kier alpha value is -1.45. The number of ketones is 1. The van der Waals surface area contributed by atoms with Gasteiger partial charge >= 0.3 is 0 Å². The van der Waals surface area contributed by atoms with Crippen molar-refractivity contribution in [2.24, 2.45) is 0 Å². The van der Waals surface area contributed by atoms with E-state index in [9.17, 15) is 4.79 Å². The van der Waals surface area contributed by atoms with E-state index in [1.807, 2.05) is 53.9 Å². The number of hydrogen-bond donors (Lipinski definition) is 0. The SMILES string of the molecule is O=C(Cc1ccccc1)c1csc2c(Br)cccc12. The van der Waals surface area contributed by atoms with Gasteiger partial charge in [-0.05, 0) is 27.6 Å². The molecule has 0 unspecified atom stereocenters. The zero-order valence-corrected chi connectivity index (χ0v) is 12.5. The molecule has 3 heteroatoms. The lowest BCUT2D eigenvalue weighted by molar-refractivity contribution is 0.0995. The number of rotatable bonds is 3. The van der Waals surface area contributed by atoms with Crippen LogP contribution in [0.5, 0.6) is 0 Å². The smallest absolute Gasteiger partial charge is 0.168 e. The van der Waals surface area contributed by atoms with Crippen molar-refractivity contribution in [1.29, 1.82) is 0 Å². The summed E-state index contributed by atoms with van der Waals surface area (Å²) in [6, 6.07) is 15.9. The normalized spacial score (nSPS) is 10.8. The van der Waals surface area contributed by atoms with Crippen molar-refractivity contribution in [3.05, 3.63) is 69.5 Å². The molecule has 3 aromatic rings. The number of benzene rings is 2. The molecule has 0 aliphatic carbocycles. The van der Waals surface area contributed by atoms with Gasteiger partial charge in [0.1, 0.15) is 0 Å². The minimum atomic E-state index is 0.176. The third kappa shape index (κ3) is 2.48. The number of hydrogen-bond acceptors (Lipinski definition) is 2. The van der Waals surface area contributed by atoms with Crippen LogP contribution in [0.2, 0.25) is 0 Å². The van der Waals surface area contributed by atoms with Crippen LogP contribution < -0.4 is 0 Å².